The number of hydrogen-bond acceptors (Lipinski definition) is 3. The zero-order valence-corrected chi connectivity index (χ0v) is 10.6. The number of carbonyl (C=O) groups is 1. The Morgan fingerprint density at radius 2 is 2.00 bits per heavy atom. The molecule has 1 fully saturated rings. The van der Waals surface area contributed by atoms with Gasteiger partial charge < -0.3 is 15.4 Å². The van der Waals surface area contributed by atoms with Crippen molar-refractivity contribution in [1.29, 1.82) is 0 Å². The van der Waals surface area contributed by atoms with Crippen LogP contribution in [0.25, 0.3) is 0 Å². The van der Waals surface area contributed by atoms with Crippen molar-refractivity contribution in [2.75, 3.05) is 30.4 Å². The minimum atomic E-state index is -0.314. The molecule has 1 aromatic rings. The quantitative estimate of drug-likeness (QED) is 0.737. The van der Waals surface area contributed by atoms with Crippen molar-refractivity contribution in [3.8, 4) is 0 Å². The van der Waals surface area contributed by atoms with Crippen LogP contribution in [0.4, 0.5) is 11.4 Å². The van der Waals surface area contributed by atoms with Gasteiger partial charge in [0.2, 0.25) is 5.91 Å². The third-order valence-electron chi connectivity index (χ3n) is 3.97. The van der Waals surface area contributed by atoms with E-state index in [1.807, 2.05) is 19.1 Å². The van der Waals surface area contributed by atoms with Gasteiger partial charge in [0.25, 0.3) is 0 Å². The third kappa shape index (κ3) is 1.86. The topological polar surface area (TPSA) is 50.4 Å². The first-order chi connectivity index (χ1) is 8.70. The molecule has 3 rings (SSSR count). The van der Waals surface area contributed by atoms with Gasteiger partial charge in [0.1, 0.15) is 0 Å². The molecule has 2 aliphatic heterocycles. The Morgan fingerprint density at radius 1 is 1.22 bits per heavy atom. The van der Waals surface area contributed by atoms with Crippen molar-refractivity contribution < 1.29 is 9.53 Å². The number of carbonyl (C=O) groups excluding carboxylic acids is 1. The van der Waals surface area contributed by atoms with E-state index in [2.05, 4.69) is 16.7 Å². The third-order valence-corrected chi connectivity index (χ3v) is 3.97. The fourth-order valence-corrected chi connectivity index (χ4v) is 2.68. The van der Waals surface area contributed by atoms with E-state index in [0.717, 1.165) is 29.8 Å². The van der Waals surface area contributed by atoms with Crippen LogP contribution in [0.5, 0.6) is 0 Å². The second kappa shape index (κ2) is 4.28. The van der Waals surface area contributed by atoms with E-state index >= 15 is 0 Å². The number of anilines is 2. The SMILES string of the molecule is Cc1ccc2c(c1)NC(=O)C1(CCOCC1)CN2. The first-order valence-electron chi connectivity index (χ1n) is 6.43. The lowest BCUT2D eigenvalue weighted by Gasteiger charge is -2.34. The van der Waals surface area contributed by atoms with Gasteiger partial charge in [-0.1, -0.05) is 6.07 Å². The molecule has 1 aromatic carbocycles. The highest BCUT2D eigenvalue weighted by atomic mass is 16.5. The van der Waals surface area contributed by atoms with Crippen LogP contribution in [0, 0.1) is 12.3 Å². The van der Waals surface area contributed by atoms with Gasteiger partial charge >= 0.3 is 0 Å². The van der Waals surface area contributed by atoms with Crippen LogP contribution in [0.1, 0.15) is 18.4 Å². The van der Waals surface area contributed by atoms with E-state index in [1.165, 1.54) is 0 Å². The average molecular weight is 246 g/mol. The lowest BCUT2D eigenvalue weighted by atomic mass is 9.79. The number of fused-ring (bicyclic) bond motifs is 1. The van der Waals surface area contributed by atoms with E-state index in [-0.39, 0.29) is 11.3 Å². The Morgan fingerprint density at radius 3 is 2.78 bits per heavy atom. The molecule has 4 heteroatoms. The predicted octanol–water partition coefficient (Wildman–Crippen LogP) is 2.16. The molecule has 96 valence electrons. The van der Waals surface area contributed by atoms with Gasteiger partial charge in [0.15, 0.2) is 0 Å². The zero-order valence-electron chi connectivity index (χ0n) is 10.6. The van der Waals surface area contributed by atoms with Crippen LogP contribution < -0.4 is 10.6 Å². The summed E-state index contributed by atoms with van der Waals surface area (Å²) in [5.74, 6) is 0.127. The van der Waals surface area contributed by atoms with E-state index in [4.69, 9.17) is 4.74 Å². The molecule has 0 bridgehead atoms. The summed E-state index contributed by atoms with van der Waals surface area (Å²) in [5.41, 5.74) is 2.74. The molecular formula is C14H18N2O2. The second-order valence-corrected chi connectivity index (χ2v) is 5.25. The maximum absolute atomic E-state index is 12.5. The maximum atomic E-state index is 12.5. The van der Waals surface area contributed by atoms with Crippen LogP contribution in [0.2, 0.25) is 0 Å². The number of amides is 1. The van der Waals surface area contributed by atoms with Gasteiger partial charge in [0.05, 0.1) is 16.8 Å². The van der Waals surface area contributed by atoms with Crippen molar-refractivity contribution in [2.45, 2.75) is 19.8 Å². The highest BCUT2D eigenvalue weighted by Crippen LogP contribution is 2.37. The van der Waals surface area contributed by atoms with Gasteiger partial charge in [-0.3, -0.25) is 4.79 Å². The fourth-order valence-electron chi connectivity index (χ4n) is 2.68. The molecular weight excluding hydrogens is 228 g/mol. The monoisotopic (exact) mass is 246 g/mol. The molecule has 4 nitrogen and oxygen atoms in total. The Hall–Kier alpha value is -1.55. The maximum Gasteiger partial charge on any atom is 0.232 e. The molecule has 0 aliphatic carbocycles. The molecule has 2 aliphatic rings. The molecule has 2 heterocycles. The van der Waals surface area contributed by atoms with E-state index < -0.39 is 0 Å². The van der Waals surface area contributed by atoms with Crippen LogP contribution in [-0.4, -0.2) is 25.7 Å². The van der Waals surface area contributed by atoms with E-state index in [9.17, 15) is 4.79 Å². The Labute approximate surface area is 107 Å². The number of nitrogens with one attached hydrogen (secondary N) is 2. The summed E-state index contributed by atoms with van der Waals surface area (Å²) in [6, 6.07) is 6.10. The first kappa shape index (κ1) is 11.5. The largest absolute Gasteiger partial charge is 0.382 e. The van der Waals surface area contributed by atoms with Crippen molar-refractivity contribution in [1.82, 2.24) is 0 Å². The summed E-state index contributed by atoms with van der Waals surface area (Å²) in [6.07, 6.45) is 1.58. The lowest BCUT2D eigenvalue weighted by molar-refractivity contribution is -0.129. The van der Waals surface area contributed by atoms with Crippen molar-refractivity contribution in [2.24, 2.45) is 5.41 Å². The molecule has 0 atom stereocenters. The highest BCUT2D eigenvalue weighted by molar-refractivity contribution is 6.00. The van der Waals surface area contributed by atoms with Crippen molar-refractivity contribution in [3.63, 3.8) is 0 Å². The standard InChI is InChI=1S/C14H18N2O2/c1-10-2-3-11-12(8-10)16-13(17)14(9-15-11)4-6-18-7-5-14/h2-3,8,15H,4-7,9H2,1H3,(H,16,17). The van der Waals surface area contributed by atoms with E-state index in [1.54, 1.807) is 0 Å². The summed E-state index contributed by atoms with van der Waals surface area (Å²) in [5, 5.41) is 6.47. The predicted molar refractivity (Wildman–Crippen MR) is 70.8 cm³/mol. The van der Waals surface area contributed by atoms with E-state index in [0.29, 0.717) is 19.8 Å². The minimum Gasteiger partial charge on any atom is -0.382 e. The van der Waals surface area contributed by atoms with Crippen LogP contribution in [0.3, 0.4) is 0 Å². The van der Waals surface area contributed by atoms with Crippen LogP contribution >= 0.6 is 0 Å². The summed E-state index contributed by atoms with van der Waals surface area (Å²) in [7, 11) is 0. The van der Waals surface area contributed by atoms with Crippen molar-refractivity contribution >= 4 is 17.3 Å². The average Bonchev–Trinajstić information content (AvgIpc) is 2.50. The molecule has 0 saturated carbocycles. The number of rotatable bonds is 0. The Balaban J connectivity index is 1.92. The number of benzene rings is 1. The van der Waals surface area contributed by atoms with Crippen LogP contribution in [0.15, 0.2) is 18.2 Å². The van der Waals surface area contributed by atoms with Crippen molar-refractivity contribution in [3.05, 3.63) is 23.8 Å². The Kier molecular flexibility index (Phi) is 2.74. The number of ether oxygens (including phenoxy) is 1. The highest BCUT2D eigenvalue weighted by Gasteiger charge is 2.41. The molecule has 0 unspecified atom stereocenters. The molecule has 1 saturated heterocycles. The fraction of sp³-hybridized carbons (Fsp3) is 0.500. The summed E-state index contributed by atoms with van der Waals surface area (Å²) < 4.78 is 5.37. The Bertz CT molecular complexity index is 479. The zero-order chi connectivity index (χ0) is 12.6. The summed E-state index contributed by atoms with van der Waals surface area (Å²) in [6.45, 7) is 4.06. The van der Waals surface area contributed by atoms with Gasteiger partial charge in [-0.05, 0) is 37.5 Å². The molecule has 0 radical (unpaired) electrons. The number of hydrogen-bond donors (Lipinski definition) is 2. The molecule has 2 N–H and O–H groups in total. The van der Waals surface area contributed by atoms with Gasteiger partial charge in [-0.2, -0.15) is 0 Å². The van der Waals surface area contributed by atoms with Gasteiger partial charge in [0, 0.05) is 19.8 Å². The smallest absolute Gasteiger partial charge is 0.232 e. The second-order valence-electron chi connectivity index (χ2n) is 5.25. The molecule has 0 aromatic heterocycles. The number of aryl methyl sites for hydroxylation is 1. The van der Waals surface area contributed by atoms with Gasteiger partial charge in [-0.15, -0.1) is 0 Å². The lowest BCUT2D eigenvalue weighted by Crippen LogP contribution is -2.44. The minimum absolute atomic E-state index is 0.127. The molecule has 1 spiro atoms. The molecule has 18 heavy (non-hydrogen) atoms. The summed E-state index contributed by atoms with van der Waals surface area (Å²) in [4.78, 5) is 12.5. The van der Waals surface area contributed by atoms with Gasteiger partial charge in [-0.25, -0.2) is 0 Å². The van der Waals surface area contributed by atoms with Crippen LogP contribution in [-0.2, 0) is 9.53 Å². The molecule has 1 amide bonds. The first-order valence-corrected chi connectivity index (χ1v) is 6.43. The summed E-state index contributed by atoms with van der Waals surface area (Å²) >= 11 is 0. The normalized spacial score (nSPS) is 21.7.